The molecule has 0 radical (unpaired) electrons. The minimum Gasteiger partial charge on any atom is -0.399 e. The van der Waals surface area contributed by atoms with Gasteiger partial charge in [-0.15, -0.1) is 0 Å². The van der Waals surface area contributed by atoms with Crippen molar-refractivity contribution in [1.29, 1.82) is 0 Å². The lowest BCUT2D eigenvalue weighted by molar-refractivity contribution is 0.594. The van der Waals surface area contributed by atoms with E-state index < -0.39 is 9.84 Å². The van der Waals surface area contributed by atoms with E-state index in [1.807, 2.05) is 12.1 Å². The van der Waals surface area contributed by atoms with Crippen LogP contribution in [0.3, 0.4) is 0 Å². The summed E-state index contributed by atoms with van der Waals surface area (Å²) in [5, 5.41) is 0. The Hall–Kier alpha value is -1.33. The lowest BCUT2D eigenvalue weighted by Crippen LogP contribution is -2.07. The largest absolute Gasteiger partial charge is 0.399 e. The third-order valence-electron chi connectivity index (χ3n) is 2.79. The molecule has 2 N–H and O–H groups in total. The van der Waals surface area contributed by atoms with Gasteiger partial charge in [0.15, 0.2) is 9.84 Å². The van der Waals surface area contributed by atoms with Crippen LogP contribution in [0.2, 0.25) is 0 Å². The molecule has 2 aromatic carbocycles. The van der Waals surface area contributed by atoms with Crippen molar-refractivity contribution in [2.75, 3.05) is 5.73 Å². The molecule has 0 aromatic heterocycles. The number of aryl methyl sites for hydroxylation is 1. The summed E-state index contributed by atoms with van der Waals surface area (Å²) in [5.41, 5.74) is 7.59. The molecule has 0 saturated heterocycles. The Morgan fingerprint density at radius 1 is 1.16 bits per heavy atom. The maximum Gasteiger partial charge on any atom is 0.182 e. The van der Waals surface area contributed by atoms with Crippen LogP contribution in [0.5, 0.6) is 0 Å². The summed E-state index contributed by atoms with van der Waals surface area (Å²) in [6.07, 6.45) is 0. The van der Waals surface area contributed by atoms with Gasteiger partial charge >= 0.3 is 0 Å². The highest BCUT2D eigenvalue weighted by Crippen LogP contribution is 2.23. The Balaban J connectivity index is 2.40. The van der Waals surface area contributed by atoms with Gasteiger partial charge in [-0.1, -0.05) is 34.1 Å². The molecule has 0 atom stereocenters. The van der Waals surface area contributed by atoms with E-state index in [2.05, 4.69) is 15.9 Å². The van der Waals surface area contributed by atoms with Crippen LogP contribution in [0.4, 0.5) is 5.69 Å². The number of sulfone groups is 1. The first-order valence-electron chi connectivity index (χ1n) is 5.72. The van der Waals surface area contributed by atoms with E-state index in [-0.39, 0.29) is 5.75 Å². The topological polar surface area (TPSA) is 60.2 Å². The molecule has 0 aliphatic rings. The van der Waals surface area contributed by atoms with Crippen LogP contribution >= 0.6 is 15.9 Å². The zero-order valence-corrected chi connectivity index (χ0v) is 12.8. The number of rotatable bonds is 3. The van der Waals surface area contributed by atoms with Crippen molar-refractivity contribution in [2.45, 2.75) is 17.6 Å². The van der Waals surface area contributed by atoms with E-state index in [1.165, 1.54) is 6.07 Å². The Labute approximate surface area is 121 Å². The molecule has 2 rings (SSSR count). The molecule has 2 aromatic rings. The molecular formula is C14H14BrNO2S. The van der Waals surface area contributed by atoms with E-state index in [4.69, 9.17) is 5.73 Å². The van der Waals surface area contributed by atoms with E-state index in [0.29, 0.717) is 16.1 Å². The minimum atomic E-state index is -3.38. The van der Waals surface area contributed by atoms with Crippen LogP contribution in [-0.4, -0.2) is 8.42 Å². The van der Waals surface area contributed by atoms with Crippen LogP contribution in [0.25, 0.3) is 0 Å². The standard InChI is InChI=1S/C14H14BrNO2S/c1-10-5-6-13(16)8-14(10)19(17,18)9-11-3-2-4-12(15)7-11/h2-8H,9,16H2,1H3. The molecule has 0 saturated carbocycles. The predicted molar refractivity (Wildman–Crippen MR) is 80.6 cm³/mol. The maximum atomic E-state index is 12.4. The molecule has 5 heteroatoms. The van der Waals surface area contributed by atoms with Crippen LogP contribution in [0.1, 0.15) is 11.1 Å². The Morgan fingerprint density at radius 3 is 2.58 bits per heavy atom. The third-order valence-corrected chi connectivity index (χ3v) is 5.11. The van der Waals surface area contributed by atoms with Crippen molar-refractivity contribution in [1.82, 2.24) is 0 Å². The average Bonchev–Trinajstić information content (AvgIpc) is 2.31. The lowest BCUT2D eigenvalue weighted by atomic mass is 10.2. The highest BCUT2D eigenvalue weighted by molar-refractivity contribution is 9.10. The van der Waals surface area contributed by atoms with Gasteiger partial charge in [-0.3, -0.25) is 0 Å². The van der Waals surface area contributed by atoms with Crippen molar-refractivity contribution >= 4 is 31.5 Å². The number of hydrogen-bond acceptors (Lipinski definition) is 3. The van der Waals surface area contributed by atoms with E-state index in [1.54, 1.807) is 31.2 Å². The zero-order valence-electron chi connectivity index (χ0n) is 10.4. The first-order valence-corrected chi connectivity index (χ1v) is 8.16. The molecule has 0 aliphatic carbocycles. The second-order valence-electron chi connectivity index (χ2n) is 4.41. The van der Waals surface area contributed by atoms with Gasteiger partial charge in [0.05, 0.1) is 10.6 Å². The van der Waals surface area contributed by atoms with Gasteiger partial charge in [0.25, 0.3) is 0 Å². The normalized spacial score (nSPS) is 11.5. The summed E-state index contributed by atoms with van der Waals surface area (Å²) in [6, 6.07) is 12.2. The molecular weight excluding hydrogens is 326 g/mol. The Morgan fingerprint density at radius 2 is 1.89 bits per heavy atom. The van der Waals surface area contributed by atoms with Gasteiger partial charge in [0, 0.05) is 10.2 Å². The van der Waals surface area contributed by atoms with Crippen LogP contribution in [0.15, 0.2) is 51.8 Å². The summed E-state index contributed by atoms with van der Waals surface area (Å²) < 4.78 is 25.7. The smallest absolute Gasteiger partial charge is 0.182 e. The second-order valence-corrected chi connectivity index (χ2v) is 7.29. The van der Waals surface area contributed by atoms with Gasteiger partial charge in [-0.25, -0.2) is 8.42 Å². The fourth-order valence-electron chi connectivity index (χ4n) is 1.88. The Bertz CT molecular complexity index is 711. The van der Waals surface area contributed by atoms with Crippen molar-refractivity contribution < 1.29 is 8.42 Å². The van der Waals surface area contributed by atoms with Crippen molar-refractivity contribution in [3.63, 3.8) is 0 Å². The van der Waals surface area contributed by atoms with Crippen molar-refractivity contribution in [3.05, 3.63) is 58.1 Å². The van der Waals surface area contributed by atoms with E-state index in [9.17, 15) is 8.42 Å². The molecule has 0 spiro atoms. The predicted octanol–water partition coefficient (Wildman–Crippen LogP) is 3.31. The number of nitrogens with two attached hydrogens (primary N) is 1. The molecule has 0 aliphatic heterocycles. The molecule has 3 nitrogen and oxygen atoms in total. The van der Waals surface area contributed by atoms with E-state index in [0.717, 1.165) is 10.0 Å². The van der Waals surface area contributed by atoms with Gasteiger partial charge in [-0.2, -0.15) is 0 Å². The number of hydrogen-bond donors (Lipinski definition) is 1. The summed E-state index contributed by atoms with van der Waals surface area (Å²) in [6.45, 7) is 1.77. The lowest BCUT2D eigenvalue weighted by Gasteiger charge is -2.09. The van der Waals surface area contributed by atoms with Crippen LogP contribution in [-0.2, 0) is 15.6 Å². The fraction of sp³-hybridized carbons (Fsp3) is 0.143. The Kier molecular flexibility index (Phi) is 3.96. The summed E-state index contributed by atoms with van der Waals surface area (Å²) in [7, 11) is -3.38. The summed E-state index contributed by atoms with van der Waals surface area (Å²) >= 11 is 3.34. The number of anilines is 1. The van der Waals surface area contributed by atoms with Gasteiger partial charge < -0.3 is 5.73 Å². The molecule has 0 amide bonds. The van der Waals surface area contributed by atoms with Crippen molar-refractivity contribution in [3.8, 4) is 0 Å². The summed E-state index contributed by atoms with van der Waals surface area (Å²) in [5.74, 6) is -0.0310. The van der Waals surface area contributed by atoms with Crippen LogP contribution in [0, 0.1) is 6.92 Å². The number of nitrogen functional groups attached to an aromatic ring is 1. The first-order chi connectivity index (χ1) is 8.88. The highest BCUT2D eigenvalue weighted by Gasteiger charge is 2.18. The van der Waals surface area contributed by atoms with Gasteiger partial charge in [0.2, 0.25) is 0 Å². The molecule has 100 valence electrons. The monoisotopic (exact) mass is 339 g/mol. The van der Waals surface area contributed by atoms with Crippen molar-refractivity contribution in [2.24, 2.45) is 0 Å². The number of benzene rings is 2. The quantitative estimate of drug-likeness (QED) is 0.872. The minimum absolute atomic E-state index is 0.0310. The first kappa shape index (κ1) is 14.1. The molecule has 0 bridgehead atoms. The van der Waals surface area contributed by atoms with Gasteiger partial charge in [0.1, 0.15) is 0 Å². The molecule has 0 fully saturated rings. The summed E-state index contributed by atoms with van der Waals surface area (Å²) in [4.78, 5) is 0.299. The molecule has 0 heterocycles. The third kappa shape index (κ3) is 3.36. The number of halogens is 1. The SMILES string of the molecule is Cc1ccc(N)cc1S(=O)(=O)Cc1cccc(Br)c1. The van der Waals surface area contributed by atoms with Crippen LogP contribution < -0.4 is 5.73 Å². The molecule has 0 unspecified atom stereocenters. The second kappa shape index (κ2) is 5.35. The molecule has 19 heavy (non-hydrogen) atoms. The fourth-order valence-corrected chi connectivity index (χ4v) is 3.97. The average molecular weight is 340 g/mol. The maximum absolute atomic E-state index is 12.4. The zero-order chi connectivity index (χ0) is 14.0. The van der Waals surface area contributed by atoms with E-state index >= 15 is 0 Å². The highest BCUT2D eigenvalue weighted by atomic mass is 79.9. The van der Waals surface area contributed by atoms with Gasteiger partial charge in [-0.05, 0) is 42.3 Å².